The van der Waals surface area contributed by atoms with Crippen LogP contribution in [-0.4, -0.2) is 32.9 Å². The Morgan fingerprint density at radius 3 is 2.33 bits per heavy atom. The molecule has 0 N–H and O–H groups in total. The topological polar surface area (TPSA) is 67.7 Å². The van der Waals surface area contributed by atoms with E-state index in [0.29, 0.717) is 17.9 Å². The number of hydrogen-bond donors (Lipinski definition) is 0. The van der Waals surface area contributed by atoms with Gasteiger partial charge in [-0.2, -0.15) is 0 Å². The molecule has 1 aliphatic heterocycles. The molecule has 0 unspecified atom stereocenters. The average Bonchev–Trinajstić information content (AvgIpc) is 3.34. The number of imide groups is 1. The summed E-state index contributed by atoms with van der Waals surface area (Å²) in [6.07, 6.45) is 0.630. The van der Waals surface area contributed by atoms with E-state index in [-0.39, 0.29) is 24.4 Å². The lowest BCUT2D eigenvalue weighted by atomic mass is 10.0. The Balaban J connectivity index is 1.43. The molecule has 0 saturated carbocycles. The van der Waals surface area contributed by atoms with E-state index >= 15 is 0 Å². The first-order valence-electron chi connectivity index (χ1n) is 12.2. The molecular weight excluding hydrogens is 452 g/mol. The first kappa shape index (κ1) is 23.6. The van der Waals surface area contributed by atoms with Gasteiger partial charge in [0.2, 0.25) is 0 Å². The maximum absolute atomic E-state index is 13.6. The molecule has 1 fully saturated rings. The van der Waals surface area contributed by atoms with E-state index < -0.39 is 6.04 Å². The van der Waals surface area contributed by atoms with Gasteiger partial charge in [-0.15, -0.1) is 0 Å². The molecule has 1 saturated heterocycles. The number of anilines is 1. The Bertz CT molecular complexity index is 1410. The average molecular weight is 483 g/mol. The number of imidazole rings is 1. The van der Waals surface area contributed by atoms with Gasteiger partial charge in [0.25, 0.3) is 5.91 Å². The van der Waals surface area contributed by atoms with Crippen molar-refractivity contribution in [1.82, 2.24) is 14.5 Å². The van der Waals surface area contributed by atoms with E-state index in [2.05, 4.69) is 19.9 Å². The van der Waals surface area contributed by atoms with Crippen LogP contribution in [0, 0.1) is 12.8 Å². The molecule has 7 heteroatoms. The fraction of sp³-hybridized carbons (Fsp3) is 0.276. The minimum atomic E-state index is -0.451. The summed E-state index contributed by atoms with van der Waals surface area (Å²) in [5.74, 6) is 2.16. The minimum Gasteiger partial charge on any atom is -0.457 e. The highest BCUT2D eigenvalue weighted by molar-refractivity contribution is 6.12. The van der Waals surface area contributed by atoms with Crippen LogP contribution in [0.1, 0.15) is 37.7 Å². The van der Waals surface area contributed by atoms with Crippen molar-refractivity contribution in [1.29, 1.82) is 0 Å². The van der Waals surface area contributed by atoms with Crippen LogP contribution in [0.15, 0.2) is 72.8 Å². The Hall–Kier alpha value is -4.13. The number of fused-ring (bicyclic) bond motifs is 1. The summed E-state index contributed by atoms with van der Waals surface area (Å²) in [6, 6.07) is 22.1. The second-order valence-electron chi connectivity index (χ2n) is 9.71. The Morgan fingerprint density at radius 1 is 0.944 bits per heavy atom. The molecule has 1 aromatic heterocycles. The van der Waals surface area contributed by atoms with E-state index in [4.69, 9.17) is 9.72 Å². The Morgan fingerprint density at radius 2 is 1.64 bits per heavy atom. The molecule has 7 nitrogen and oxygen atoms in total. The van der Waals surface area contributed by atoms with Crippen molar-refractivity contribution < 1.29 is 14.3 Å². The number of amides is 3. The predicted molar refractivity (Wildman–Crippen MR) is 140 cm³/mol. The second-order valence-corrected chi connectivity index (χ2v) is 9.71. The largest absolute Gasteiger partial charge is 0.457 e. The van der Waals surface area contributed by atoms with Crippen molar-refractivity contribution in [3.8, 4) is 11.5 Å². The smallest absolute Gasteiger partial charge is 0.332 e. The van der Waals surface area contributed by atoms with Crippen LogP contribution in [0.5, 0.6) is 11.5 Å². The molecule has 1 atom stereocenters. The highest BCUT2D eigenvalue weighted by Crippen LogP contribution is 2.35. The summed E-state index contributed by atoms with van der Waals surface area (Å²) in [5, 5.41) is 0. The van der Waals surface area contributed by atoms with E-state index in [1.165, 1.54) is 9.80 Å². The lowest BCUT2D eigenvalue weighted by Crippen LogP contribution is -2.38. The molecule has 1 aliphatic rings. The van der Waals surface area contributed by atoms with Gasteiger partial charge in [-0.25, -0.2) is 9.78 Å². The maximum atomic E-state index is 13.6. The third kappa shape index (κ3) is 4.44. The molecule has 4 aromatic rings. The lowest BCUT2D eigenvalue weighted by molar-refractivity contribution is -0.127. The van der Waals surface area contributed by atoms with Crippen molar-refractivity contribution >= 4 is 28.7 Å². The van der Waals surface area contributed by atoms with Crippen molar-refractivity contribution in [3.05, 3.63) is 84.2 Å². The predicted octanol–water partition coefficient (Wildman–Crippen LogP) is 6.23. The van der Waals surface area contributed by atoms with Crippen molar-refractivity contribution in [2.75, 3.05) is 11.4 Å². The van der Waals surface area contributed by atoms with Crippen LogP contribution < -0.4 is 9.64 Å². The SMILES string of the molecule is Cc1ccc2nc([C@H](CC(C)C)N3C(=O)CN(c4ccc(Oc5ccccc5)cc4)C3=O)n(C)c2c1. The zero-order valence-corrected chi connectivity index (χ0v) is 21.0. The zero-order chi connectivity index (χ0) is 25.4. The molecule has 0 spiro atoms. The van der Waals surface area contributed by atoms with Gasteiger partial charge < -0.3 is 9.30 Å². The van der Waals surface area contributed by atoms with Gasteiger partial charge in [0, 0.05) is 12.7 Å². The highest BCUT2D eigenvalue weighted by Gasteiger charge is 2.43. The summed E-state index contributed by atoms with van der Waals surface area (Å²) in [7, 11) is 1.95. The van der Waals surface area contributed by atoms with Crippen molar-refractivity contribution in [2.45, 2.75) is 33.2 Å². The van der Waals surface area contributed by atoms with Gasteiger partial charge in [-0.05, 0) is 73.4 Å². The van der Waals surface area contributed by atoms with Crippen LogP contribution in [0.4, 0.5) is 10.5 Å². The molecule has 3 amide bonds. The first-order chi connectivity index (χ1) is 17.3. The number of carbonyl (C=O) groups is 2. The highest BCUT2D eigenvalue weighted by atomic mass is 16.5. The molecule has 0 aliphatic carbocycles. The standard InChI is InChI=1S/C29H30N4O3/c1-19(2)16-26(28-30-24-15-10-20(3)17-25(24)31(28)4)33-27(34)18-32(29(33)35)21-11-13-23(14-12-21)36-22-8-6-5-7-9-22/h5-15,17,19,26H,16,18H2,1-4H3/t26-/m0/s1. The van der Waals surface area contributed by atoms with Crippen molar-refractivity contribution in [3.63, 3.8) is 0 Å². The molecule has 0 radical (unpaired) electrons. The van der Waals surface area contributed by atoms with Crippen LogP contribution in [0.25, 0.3) is 11.0 Å². The van der Waals surface area contributed by atoms with Gasteiger partial charge in [-0.1, -0.05) is 38.1 Å². The molecule has 36 heavy (non-hydrogen) atoms. The fourth-order valence-electron chi connectivity index (χ4n) is 4.73. The quantitative estimate of drug-likeness (QED) is 0.293. The molecule has 184 valence electrons. The number of nitrogens with zero attached hydrogens (tertiary/aromatic N) is 4. The summed E-state index contributed by atoms with van der Waals surface area (Å²) in [6.45, 7) is 6.22. The van der Waals surface area contributed by atoms with Crippen LogP contribution >= 0.6 is 0 Å². The summed E-state index contributed by atoms with van der Waals surface area (Å²) in [4.78, 5) is 34.7. The van der Waals surface area contributed by atoms with Gasteiger partial charge >= 0.3 is 6.03 Å². The Labute approximate surface area is 210 Å². The number of urea groups is 1. The normalized spacial score (nSPS) is 14.8. The third-order valence-electron chi connectivity index (χ3n) is 6.50. The third-order valence-corrected chi connectivity index (χ3v) is 6.50. The summed E-state index contributed by atoms with van der Waals surface area (Å²) < 4.78 is 7.87. The molecule has 2 heterocycles. The number of rotatable bonds is 7. The fourth-order valence-corrected chi connectivity index (χ4v) is 4.73. The van der Waals surface area contributed by atoms with Gasteiger partial charge in [0.15, 0.2) is 0 Å². The Kier molecular flexibility index (Phi) is 6.22. The van der Waals surface area contributed by atoms with Crippen LogP contribution in [0.3, 0.4) is 0 Å². The number of benzene rings is 3. The number of ether oxygens (including phenoxy) is 1. The van der Waals surface area contributed by atoms with E-state index in [1.807, 2.05) is 85.3 Å². The number of para-hydroxylation sites is 1. The van der Waals surface area contributed by atoms with E-state index in [9.17, 15) is 9.59 Å². The molecule has 3 aromatic carbocycles. The van der Waals surface area contributed by atoms with Crippen molar-refractivity contribution in [2.24, 2.45) is 13.0 Å². The number of carbonyl (C=O) groups excluding carboxylic acids is 2. The monoisotopic (exact) mass is 482 g/mol. The number of aryl methyl sites for hydroxylation is 2. The molecular formula is C29H30N4O3. The summed E-state index contributed by atoms with van der Waals surface area (Å²) >= 11 is 0. The first-order valence-corrected chi connectivity index (χ1v) is 12.2. The van der Waals surface area contributed by atoms with Crippen LogP contribution in [-0.2, 0) is 11.8 Å². The number of aromatic nitrogens is 2. The maximum Gasteiger partial charge on any atom is 0.332 e. The van der Waals surface area contributed by atoms with Gasteiger partial charge in [-0.3, -0.25) is 14.6 Å². The molecule has 5 rings (SSSR count). The van der Waals surface area contributed by atoms with E-state index in [0.717, 1.165) is 28.2 Å². The lowest BCUT2D eigenvalue weighted by Gasteiger charge is -2.27. The number of hydrogen-bond acceptors (Lipinski definition) is 4. The summed E-state index contributed by atoms with van der Waals surface area (Å²) in [5.41, 5.74) is 3.64. The van der Waals surface area contributed by atoms with Gasteiger partial charge in [0.1, 0.15) is 23.9 Å². The minimum absolute atomic E-state index is 0.00459. The second kappa shape index (κ2) is 9.49. The molecule has 0 bridgehead atoms. The van der Waals surface area contributed by atoms with Crippen LogP contribution in [0.2, 0.25) is 0 Å². The zero-order valence-electron chi connectivity index (χ0n) is 21.0. The van der Waals surface area contributed by atoms with Gasteiger partial charge in [0.05, 0.1) is 17.1 Å². The van der Waals surface area contributed by atoms with E-state index in [1.54, 1.807) is 0 Å².